The van der Waals surface area contributed by atoms with Crippen LogP contribution in [0, 0.1) is 6.92 Å². The molecule has 1 aliphatic rings. The van der Waals surface area contributed by atoms with Crippen molar-refractivity contribution in [2.75, 3.05) is 26.2 Å². The zero-order valence-electron chi connectivity index (χ0n) is 17.8. The highest BCUT2D eigenvalue weighted by Crippen LogP contribution is 2.32. The molecular formula is C24H25N3O5. The predicted octanol–water partition coefficient (Wildman–Crippen LogP) is 2.24. The lowest BCUT2D eigenvalue weighted by Crippen LogP contribution is -2.64. The zero-order chi connectivity index (χ0) is 22.7. The average Bonchev–Trinajstić information content (AvgIpc) is 2.78. The number of fused-ring (bicyclic) bond motifs is 1. The van der Waals surface area contributed by atoms with Crippen LogP contribution in [0.4, 0.5) is 4.79 Å². The molecule has 8 nitrogen and oxygen atoms in total. The summed E-state index contributed by atoms with van der Waals surface area (Å²) in [5.41, 5.74) is 1.18. The van der Waals surface area contributed by atoms with Crippen LogP contribution in [0.25, 0.3) is 11.0 Å². The van der Waals surface area contributed by atoms with Crippen LogP contribution in [0.15, 0.2) is 63.8 Å². The van der Waals surface area contributed by atoms with E-state index in [2.05, 4.69) is 10.6 Å². The third kappa shape index (κ3) is 4.22. The van der Waals surface area contributed by atoms with Crippen LogP contribution in [0.5, 0.6) is 0 Å². The van der Waals surface area contributed by atoms with Gasteiger partial charge in [0.2, 0.25) is 5.91 Å². The number of nitrogens with zero attached hydrogens (tertiary/aromatic N) is 1. The molecule has 4 rings (SSSR count). The number of carbonyl (C=O) groups is 2. The monoisotopic (exact) mass is 435 g/mol. The molecule has 1 aromatic heterocycles. The Morgan fingerprint density at radius 3 is 2.72 bits per heavy atom. The van der Waals surface area contributed by atoms with Crippen LogP contribution in [0.1, 0.15) is 16.7 Å². The lowest BCUT2D eigenvalue weighted by Gasteiger charge is -2.46. The van der Waals surface area contributed by atoms with Crippen molar-refractivity contribution in [1.29, 1.82) is 0 Å². The van der Waals surface area contributed by atoms with E-state index in [1.54, 1.807) is 6.07 Å². The Morgan fingerprint density at radius 1 is 1.19 bits per heavy atom. The van der Waals surface area contributed by atoms with E-state index in [9.17, 15) is 19.5 Å². The first-order valence-electron chi connectivity index (χ1n) is 10.5. The number of rotatable bonds is 5. The predicted molar refractivity (Wildman–Crippen MR) is 120 cm³/mol. The van der Waals surface area contributed by atoms with Crippen molar-refractivity contribution in [2.45, 2.75) is 18.9 Å². The van der Waals surface area contributed by atoms with E-state index in [0.717, 1.165) is 16.5 Å². The molecule has 0 radical (unpaired) electrons. The molecule has 1 aliphatic heterocycles. The van der Waals surface area contributed by atoms with Crippen LogP contribution in [0.3, 0.4) is 0 Å². The smallest absolute Gasteiger partial charge is 0.408 e. The maximum absolute atomic E-state index is 12.6. The molecule has 0 bridgehead atoms. The van der Waals surface area contributed by atoms with Crippen molar-refractivity contribution in [1.82, 2.24) is 15.5 Å². The molecule has 1 atom stereocenters. The Kier molecular flexibility index (Phi) is 5.96. The lowest BCUT2D eigenvalue weighted by molar-refractivity contribution is -0.121. The van der Waals surface area contributed by atoms with Gasteiger partial charge in [-0.25, -0.2) is 9.59 Å². The van der Waals surface area contributed by atoms with Crippen molar-refractivity contribution in [3.05, 3.63) is 81.7 Å². The summed E-state index contributed by atoms with van der Waals surface area (Å²) in [6, 6.07) is 16.1. The van der Waals surface area contributed by atoms with Gasteiger partial charge in [0, 0.05) is 37.6 Å². The molecule has 2 heterocycles. The number of amides is 2. The Balaban J connectivity index is 1.70. The standard InChI is InChI=1S/C24H25N3O5/c1-16-11-22(29)32-20-13-18(7-8-19(16)20)24(14-25-9-10-27(24)23(30)31)15-26-21(28)12-17-5-3-2-4-6-17/h2-8,11,13,25H,9-10,12,14-15H2,1H3,(H,26,28)(H,30,31). The minimum Gasteiger partial charge on any atom is -0.465 e. The zero-order valence-corrected chi connectivity index (χ0v) is 17.8. The number of carbonyl (C=O) groups excluding carboxylic acids is 1. The minimum absolute atomic E-state index is 0.0829. The largest absolute Gasteiger partial charge is 0.465 e. The number of benzene rings is 2. The maximum Gasteiger partial charge on any atom is 0.408 e. The van der Waals surface area contributed by atoms with E-state index in [1.165, 1.54) is 11.0 Å². The summed E-state index contributed by atoms with van der Waals surface area (Å²) in [6.45, 7) is 2.99. The van der Waals surface area contributed by atoms with Gasteiger partial charge in [-0.1, -0.05) is 42.5 Å². The summed E-state index contributed by atoms with van der Waals surface area (Å²) < 4.78 is 5.39. The van der Waals surface area contributed by atoms with Crippen LogP contribution in [0.2, 0.25) is 0 Å². The second-order valence-electron chi connectivity index (χ2n) is 8.04. The Hall–Kier alpha value is -3.65. The molecule has 0 aliphatic carbocycles. The van der Waals surface area contributed by atoms with Crippen LogP contribution >= 0.6 is 0 Å². The van der Waals surface area contributed by atoms with Gasteiger partial charge in [0.25, 0.3) is 0 Å². The fraction of sp³-hybridized carbons (Fsp3) is 0.292. The van der Waals surface area contributed by atoms with E-state index in [-0.39, 0.29) is 25.4 Å². The van der Waals surface area contributed by atoms with Gasteiger partial charge in [-0.2, -0.15) is 0 Å². The Labute approximate surface area is 184 Å². The van der Waals surface area contributed by atoms with Gasteiger partial charge in [0.1, 0.15) is 11.1 Å². The molecule has 0 spiro atoms. The molecule has 1 fully saturated rings. The first kappa shape index (κ1) is 21.6. The molecule has 0 saturated carbocycles. The molecule has 1 saturated heterocycles. The van der Waals surface area contributed by atoms with Crippen LogP contribution < -0.4 is 16.3 Å². The number of nitrogens with one attached hydrogen (secondary N) is 2. The third-order valence-electron chi connectivity index (χ3n) is 5.95. The summed E-state index contributed by atoms with van der Waals surface area (Å²) >= 11 is 0. The summed E-state index contributed by atoms with van der Waals surface area (Å²) in [5, 5.41) is 16.9. The second kappa shape index (κ2) is 8.84. The van der Waals surface area contributed by atoms with E-state index in [0.29, 0.717) is 24.2 Å². The van der Waals surface area contributed by atoms with Gasteiger partial charge in [-0.3, -0.25) is 9.69 Å². The van der Waals surface area contributed by atoms with Crippen LogP contribution in [-0.4, -0.2) is 48.2 Å². The van der Waals surface area contributed by atoms with Gasteiger partial charge < -0.3 is 20.2 Å². The van der Waals surface area contributed by atoms with Gasteiger partial charge >= 0.3 is 11.7 Å². The normalized spacial score (nSPS) is 18.5. The van der Waals surface area contributed by atoms with Gasteiger partial charge in [0.15, 0.2) is 0 Å². The highest BCUT2D eigenvalue weighted by Gasteiger charge is 2.44. The number of carboxylic acid groups (broad SMARTS) is 1. The summed E-state index contributed by atoms with van der Waals surface area (Å²) in [7, 11) is 0. The molecule has 1 unspecified atom stereocenters. The van der Waals surface area contributed by atoms with Crippen molar-refractivity contribution in [3.8, 4) is 0 Å². The maximum atomic E-state index is 12.6. The topological polar surface area (TPSA) is 112 Å². The number of aryl methyl sites for hydroxylation is 1. The summed E-state index contributed by atoms with van der Waals surface area (Å²) in [5.74, 6) is -0.199. The molecule has 166 valence electrons. The van der Waals surface area contributed by atoms with Gasteiger partial charge in [-0.15, -0.1) is 0 Å². The number of piperazine rings is 1. The quantitative estimate of drug-likeness (QED) is 0.530. The van der Waals surface area contributed by atoms with Crippen molar-refractivity contribution < 1.29 is 19.1 Å². The first-order chi connectivity index (χ1) is 15.4. The van der Waals surface area contributed by atoms with Gasteiger partial charge in [-0.05, 0) is 29.7 Å². The molecular weight excluding hydrogens is 410 g/mol. The highest BCUT2D eigenvalue weighted by molar-refractivity contribution is 5.82. The minimum atomic E-state index is -1.07. The molecule has 2 amide bonds. The van der Waals surface area contributed by atoms with E-state index in [1.807, 2.05) is 49.4 Å². The van der Waals surface area contributed by atoms with Crippen molar-refractivity contribution in [3.63, 3.8) is 0 Å². The van der Waals surface area contributed by atoms with E-state index < -0.39 is 17.3 Å². The Bertz CT molecular complexity index is 1210. The third-order valence-corrected chi connectivity index (χ3v) is 5.95. The van der Waals surface area contributed by atoms with E-state index >= 15 is 0 Å². The fourth-order valence-electron chi connectivity index (χ4n) is 4.30. The van der Waals surface area contributed by atoms with Gasteiger partial charge in [0.05, 0.1) is 6.42 Å². The lowest BCUT2D eigenvalue weighted by atomic mass is 9.85. The molecule has 3 aromatic rings. The molecule has 3 N–H and O–H groups in total. The van der Waals surface area contributed by atoms with Crippen molar-refractivity contribution in [2.24, 2.45) is 0 Å². The molecule has 8 heteroatoms. The SMILES string of the molecule is Cc1cc(=O)oc2cc(C3(CNC(=O)Cc4ccccc4)CNCCN3C(=O)O)ccc12. The fourth-order valence-corrected chi connectivity index (χ4v) is 4.30. The Morgan fingerprint density at radius 2 is 1.97 bits per heavy atom. The summed E-state index contributed by atoms with van der Waals surface area (Å²) in [4.78, 5) is 38.1. The van der Waals surface area contributed by atoms with Crippen molar-refractivity contribution >= 4 is 23.0 Å². The molecule has 2 aromatic carbocycles. The first-order valence-corrected chi connectivity index (χ1v) is 10.5. The molecule has 32 heavy (non-hydrogen) atoms. The number of hydrogen-bond acceptors (Lipinski definition) is 5. The average molecular weight is 435 g/mol. The summed E-state index contributed by atoms with van der Waals surface area (Å²) in [6.07, 6.45) is -0.877. The highest BCUT2D eigenvalue weighted by atomic mass is 16.4. The second-order valence-corrected chi connectivity index (χ2v) is 8.04. The van der Waals surface area contributed by atoms with Crippen LogP contribution in [-0.2, 0) is 16.8 Å². The number of hydrogen-bond donors (Lipinski definition) is 3. The van der Waals surface area contributed by atoms with E-state index in [4.69, 9.17) is 4.42 Å².